The molecule has 0 saturated heterocycles. The van der Waals surface area contributed by atoms with Crippen molar-refractivity contribution in [1.82, 2.24) is 4.98 Å². The molecule has 11 heteroatoms. The molecule has 0 saturated carbocycles. The Hall–Kier alpha value is -3.89. The molecular weight excluding hydrogens is 423 g/mol. The van der Waals surface area contributed by atoms with Gasteiger partial charge < -0.3 is 29.4 Å². The summed E-state index contributed by atoms with van der Waals surface area (Å²) in [5.74, 6) is -1.58. The number of carbonyl (C=O) groups is 1. The fourth-order valence-corrected chi connectivity index (χ4v) is 2.59. The van der Waals surface area contributed by atoms with Gasteiger partial charge in [-0.05, 0) is 18.2 Å². The maximum Gasteiger partial charge on any atom is 0.490 e. The molecule has 0 atom stereocenters. The van der Waals surface area contributed by atoms with Gasteiger partial charge in [0.25, 0.3) is 0 Å². The Kier molecular flexibility index (Phi) is 7.00. The summed E-state index contributed by atoms with van der Waals surface area (Å²) in [5, 5.41) is 17.8. The van der Waals surface area contributed by atoms with Crippen molar-refractivity contribution in [2.45, 2.75) is 6.18 Å². The molecule has 0 aliphatic carbocycles. The Balaban J connectivity index is 0.000000423. The molecule has 0 spiro atoms. The van der Waals surface area contributed by atoms with Crippen molar-refractivity contribution in [3.05, 3.63) is 46.6 Å². The number of hydrogen-bond acceptors (Lipinski definition) is 6. The van der Waals surface area contributed by atoms with Crippen molar-refractivity contribution in [2.24, 2.45) is 0 Å². The fraction of sp³-hybridized carbons (Fsp3) is 0.200. The van der Waals surface area contributed by atoms with Gasteiger partial charge in [0.05, 0.1) is 37.9 Å². The number of fused-ring (bicyclic) bond motifs is 1. The van der Waals surface area contributed by atoms with Crippen LogP contribution in [0, 0.1) is 0 Å². The maximum absolute atomic E-state index is 12.5. The lowest BCUT2D eigenvalue weighted by Gasteiger charge is -2.12. The minimum Gasteiger partial charge on any atom is -0.503 e. The van der Waals surface area contributed by atoms with Crippen molar-refractivity contribution < 1.29 is 42.4 Å². The van der Waals surface area contributed by atoms with E-state index in [0.717, 1.165) is 0 Å². The van der Waals surface area contributed by atoms with Crippen molar-refractivity contribution >= 4 is 16.9 Å². The largest absolute Gasteiger partial charge is 0.503 e. The molecule has 0 aliphatic rings. The van der Waals surface area contributed by atoms with Crippen LogP contribution in [-0.2, 0) is 4.79 Å². The molecule has 0 radical (unpaired) electrons. The van der Waals surface area contributed by atoms with Gasteiger partial charge in [-0.2, -0.15) is 13.2 Å². The number of methoxy groups -OCH3 is 3. The molecular formula is C20H18F3NO7. The van der Waals surface area contributed by atoms with Gasteiger partial charge in [-0.25, -0.2) is 4.79 Å². The van der Waals surface area contributed by atoms with Gasteiger partial charge in [-0.3, -0.25) is 4.79 Å². The Morgan fingerprint density at radius 3 is 2.10 bits per heavy atom. The van der Waals surface area contributed by atoms with Gasteiger partial charge in [0, 0.05) is 11.6 Å². The maximum atomic E-state index is 12.5. The molecule has 0 amide bonds. The number of pyridine rings is 1. The molecule has 8 nitrogen and oxygen atoms in total. The summed E-state index contributed by atoms with van der Waals surface area (Å²) in [5.41, 5.74) is 1.01. The Morgan fingerprint density at radius 1 is 1.00 bits per heavy atom. The summed E-state index contributed by atoms with van der Waals surface area (Å²) < 4.78 is 47.4. The van der Waals surface area contributed by atoms with Crippen LogP contribution >= 0.6 is 0 Å². The molecule has 0 fully saturated rings. The molecule has 3 aromatic rings. The normalized spacial score (nSPS) is 10.8. The first kappa shape index (κ1) is 23.4. The second-order valence-electron chi connectivity index (χ2n) is 5.97. The number of nitrogens with one attached hydrogen (secondary N) is 1. The van der Waals surface area contributed by atoms with Gasteiger partial charge in [-0.15, -0.1) is 0 Å². The van der Waals surface area contributed by atoms with Crippen molar-refractivity contribution in [1.29, 1.82) is 0 Å². The van der Waals surface area contributed by atoms with E-state index in [1.54, 1.807) is 43.5 Å². The third-order valence-corrected chi connectivity index (χ3v) is 4.08. The molecule has 1 aromatic heterocycles. The number of carboxylic acid groups (broad SMARTS) is 1. The van der Waals surface area contributed by atoms with Crippen LogP contribution in [-0.4, -0.2) is 48.7 Å². The standard InChI is InChI=1S/C18H17NO5.C2HF3O2/c1-22-11-6-4-5-10(7-11)16-18(21)17(20)12-8-14(23-2)15(24-3)9-13(12)19-16;3-2(4,5)1(6)7/h4-9,21H,1-3H3,(H,19,20);(H,6,7). The monoisotopic (exact) mass is 441 g/mol. The number of aromatic hydroxyl groups is 1. The number of aromatic amines is 1. The number of rotatable bonds is 4. The summed E-state index contributed by atoms with van der Waals surface area (Å²) >= 11 is 0. The Labute approximate surface area is 173 Å². The van der Waals surface area contributed by atoms with Crippen molar-refractivity contribution in [3.8, 4) is 34.3 Å². The highest BCUT2D eigenvalue weighted by atomic mass is 19.4. The molecule has 3 rings (SSSR count). The number of carboxylic acids is 1. The lowest BCUT2D eigenvalue weighted by atomic mass is 10.1. The number of halogens is 3. The average molecular weight is 441 g/mol. The van der Waals surface area contributed by atoms with Gasteiger partial charge in [-0.1, -0.05) is 12.1 Å². The van der Waals surface area contributed by atoms with E-state index in [-0.39, 0.29) is 5.75 Å². The van der Waals surface area contributed by atoms with E-state index < -0.39 is 17.6 Å². The molecule has 2 aromatic carbocycles. The molecule has 3 N–H and O–H groups in total. The minimum atomic E-state index is -5.08. The first-order chi connectivity index (χ1) is 14.5. The zero-order valence-electron chi connectivity index (χ0n) is 16.5. The number of alkyl halides is 3. The van der Waals surface area contributed by atoms with E-state index >= 15 is 0 Å². The van der Waals surface area contributed by atoms with Crippen LogP contribution in [0.1, 0.15) is 0 Å². The van der Waals surface area contributed by atoms with Gasteiger partial charge in [0.2, 0.25) is 5.43 Å². The smallest absolute Gasteiger partial charge is 0.490 e. The van der Waals surface area contributed by atoms with E-state index in [1.807, 2.05) is 0 Å². The first-order valence-electron chi connectivity index (χ1n) is 8.49. The van der Waals surface area contributed by atoms with E-state index in [2.05, 4.69) is 4.98 Å². The van der Waals surface area contributed by atoms with Gasteiger partial charge >= 0.3 is 12.1 Å². The number of hydrogen-bond donors (Lipinski definition) is 3. The summed E-state index contributed by atoms with van der Waals surface area (Å²) in [7, 11) is 4.56. The second-order valence-corrected chi connectivity index (χ2v) is 5.97. The highest BCUT2D eigenvalue weighted by Crippen LogP contribution is 2.34. The first-order valence-corrected chi connectivity index (χ1v) is 8.49. The lowest BCUT2D eigenvalue weighted by Crippen LogP contribution is -2.21. The van der Waals surface area contributed by atoms with Crippen LogP contribution < -0.4 is 19.6 Å². The van der Waals surface area contributed by atoms with Gasteiger partial charge in [0.1, 0.15) is 5.75 Å². The molecule has 31 heavy (non-hydrogen) atoms. The molecule has 0 unspecified atom stereocenters. The van der Waals surface area contributed by atoms with Crippen LogP contribution in [0.2, 0.25) is 0 Å². The number of aliphatic carboxylic acids is 1. The van der Waals surface area contributed by atoms with E-state index in [1.165, 1.54) is 14.2 Å². The van der Waals surface area contributed by atoms with Crippen molar-refractivity contribution in [2.75, 3.05) is 21.3 Å². The van der Waals surface area contributed by atoms with Crippen LogP contribution in [0.4, 0.5) is 13.2 Å². The predicted octanol–water partition coefficient (Wildman–Crippen LogP) is 3.56. The zero-order chi connectivity index (χ0) is 23.3. The second kappa shape index (κ2) is 9.28. The van der Waals surface area contributed by atoms with Crippen LogP contribution in [0.3, 0.4) is 0 Å². The fourth-order valence-electron chi connectivity index (χ4n) is 2.59. The Bertz CT molecular complexity index is 1160. The molecule has 166 valence electrons. The third-order valence-electron chi connectivity index (χ3n) is 4.08. The SMILES string of the molecule is COc1cccc(-c2[nH]c3cc(OC)c(OC)cc3c(=O)c2O)c1.O=C(O)C(F)(F)F. The summed E-state index contributed by atoms with van der Waals surface area (Å²) in [4.78, 5) is 24.5. The highest BCUT2D eigenvalue weighted by molar-refractivity contribution is 5.87. The summed E-state index contributed by atoms with van der Waals surface area (Å²) in [6, 6.07) is 10.3. The number of benzene rings is 2. The quantitative estimate of drug-likeness (QED) is 0.567. The van der Waals surface area contributed by atoms with E-state index in [9.17, 15) is 23.1 Å². The summed E-state index contributed by atoms with van der Waals surface area (Å²) in [6.45, 7) is 0. The van der Waals surface area contributed by atoms with Gasteiger partial charge in [0.15, 0.2) is 17.2 Å². The van der Waals surface area contributed by atoms with Crippen LogP contribution in [0.5, 0.6) is 23.0 Å². The Morgan fingerprint density at radius 2 is 1.58 bits per heavy atom. The van der Waals surface area contributed by atoms with E-state index in [0.29, 0.717) is 39.4 Å². The number of H-pyrrole nitrogens is 1. The lowest BCUT2D eigenvalue weighted by molar-refractivity contribution is -0.192. The third kappa shape index (κ3) is 5.18. The number of aromatic nitrogens is 1. The van der Waals surface area contributed by atoms with E-state index in [4.69, 9.17) is 24.1 Å². The zero-order valence-corrected chi connectivity index (χ0v) is 16.5. The van der Waals surface area contributed by atoms with Crippen molar-refractivity contribution in [3.63, 3.8) is 0 Å². The van der Waals surface area contributed by atoms with Crippen LogP contribution in [0.15, 0.2) is 41.2 Å². The topological polar surface area (TPSA) is 118 Å². The minimum absolute atomic E-state index is 0.316. The van der Waals surface area contributed by atoms with Crippen LogP contribution in [0.25, 0.3) is 22.2 Å². The predicted molar refractivity (Wildman–Crippen MR) is 105 cm³/mol. The highest BCUT2D eigenvalue weighted by Gasteiger charge is 2.38. The molecule has 0 bridgehead atoms. The molecule has 1 heterocycles. The summed E-state index contributed by atoms with van der Waals surface area (Å²) in [6.07, 6.45) is -5.08. The average Bonchev–Trinajstić information content (AvgIpc) is 2.75. The molecule has 0 aliphatic heterocycles. The number of ether oxygens (including phenoxy) is 3.